The molecule has 1 aromatic heterocycles. The molecule has 2 heterocycles. The molecular weight excluding hydrogens is 420 g/mol. The molecule has 1 saturated heterocycles. The maximum absolute atomic E-state index is 13.0. The number of phenols is 1. The van der Waals surface area contributed by atoms with E-state index in [1.807, 2.05) is 0 Å². The van der Waals surface area contributed by atoms with E-state index in [0.717, 1.165) is 0 Å². The fraction of sp³-hybridized carbons (Fsp3) is 0.0870. The SMILES string of the molecule is COc1cc(C2C(=C(O)c3ccc(Cl)cc3)C(=O)C(=O)N2c2ccccn2)ccc1O. The van der Waals surface area contributed by atoms with Gasteiger partial charge in [0.05, 0.1) is 18.7 Å². The number of aromatic nitrogens is 1. The van der Waals surface area contributed by atoms with Crippen LogP contribution in [-0.4, -0.2) is 34.0 Å². The predicted octanol–water partition coefficient (Wildman–Crippen LogP) is 4.08. The van der Waals surface area contributed by atoms with E-state index < -0.39 is 17.7 Å². The number of rotatable bonds is 4. The standard InChI is InChI=1S/C23H17ClN2O5/c1-31-17-12-14(7-10-16(17)27)20-19(21(28)13-5-8-15(24)9-6-13)22(29)23(30)26(20)18-4-2-3-11-25-18/h2-12,20,27-28H,1H3. The highest BCUT2D eigenvalue weighted by molar-refractivity contribution is 6.51. The van der Waals surface area contributed by atoms with Crippen LogP contribution in [0.25, 0.3) is 5.76 Å². The number of nitrogens with zero attached hydrogens (tertiary/aromatic N) is 2. The molecule has 31 heavy (non-hydrogen) atoms. The number of ketones is 1. The number of aromatic hydroxyl groups is 1. The molecule has 1 aliphatic rings. The number of carbonyl (C=O) groups is 2. The van der Waals surface area contributed by atoms with Crippen molar-refractivity contribution in [1.29, 1.82) is 0 Å². The fourth-order valence-electron chi connectivity index (χ4n) is 3.51. The number of benzene rings is 2. The van der Waals surface area contributed by atoms with Crippen LogP contribution >= 0.6 is 11.6 Å². The number of methoxy groups -OCH3 is 1. The van der Waals surface area contributed by atoms with Gasteiger partial charge >= 0.3 is 5.91 Å². The molecule has 1 fully saturated rings. The van der Waals surface area contributed by atoms with E-state index in [4.69, 9.17) is 16.3 Å². The number of aliphatic hydroxyl groups is 1. The minimum atomic E-state index is -0.986. The van der Waals surface area contributed by atoms with Gasteiger partial charge in [-0.1, -0.05) is 23.7 Å². The molecule has 0 radical (unpaired) electrons. The van der Waals surface area contributed by atoms with E-state index >= 15 is 0 Å². The molecule has 1 aliphatic heterocycles. The first kappa shape index (κ1) is 20.4. The molecule has 0 bridgehead atoms. The van der Waals surface area contributed by atoms with Crippen molar-refractivity contribution in [1.82, 2.24) is 4.98 Å². The quantitative estimate of drug-likeness (QED) is 0.363. The normalized spacial score (nSPS) is 17.7. The number of amides is 1. The van der Waals surface area contributed by atoms with Gasteiger partial charge in [0, 0.05) is 16.8 Å². The van der Waals surface area contributed by atoms with Crippen molar-refractivity contribution in [3.63, 3.8) is 0 Å². The van der Waals surface area contributed by atoms with Crippen LogP contribution in [0.4, 0.5) is 5.82 Å². The highest BCUT2D eigenvalue weighted by Gasteiger charge is 2.47. The number of hydrogen-bond acceptors (Lipinski definition) is 6. The van der Waals surface area contributed by atoms with Gasteiger partial charge in [0.2, 0.25) is 0 Å². The Kier molecular flexibility index (Phi) is 5.35. The van der Waals surface area contributed by atoms with Crippen LogP contribution in [0, 0.1) is 0 Å². The Morgan fingerprint density at radius 2 is 1.84 bits per heavy atom. The van der Waals surface area contributed by atoms with E-state index in [2.05, 4.69) is 4.98 Å². The molecule has 2 N–H and O–H groups in total. The number of hydrogen-bond donors (Lipinski definition) is 2. The van der Waals surface area contributed by atoms with Crippen molar-refractivity contribution in [3.8, 4) is 11.5 Å². The van der Waals surface area contributed by atoms with Crippen LogP contribution < -0.4 is 9.64 Å². The summed E-state index contributed by atoms with van der Waals surface area (Å²) in [6, 6.07) is 14.7. The van der Waals surface area contributed by atoms with E-state index in [1.165, 1.54) is 30.3 Å². The lowest BCUT2D eigenvalue weighted by Gasteiger charge is -2.24. The van der Waals surface area contributed by atoms with Gasteiger partial charge in [-0.3, -0.25) is 14.5 Å². The van der Waals surface area contributed by atoms with Crippen LogP contribution in [0.5, 0.6) is 11.5 Å². The second-order valence-corrected chi connectivity index (χ2v) is 7.23. The lowest BCUT2D eigenvalue weighted by atomic mass is 9.95. The summed E-state index contributed by atoms with van der Waals surface area (Å²) in [7, 11) is 1.39. The molecule has 1 amide bonds. The van der Waals surface area contributed by atoms with Crippen molar-refractivity contribution in [2.24, 2.45) is 0 Å². The summed E-state index contributed by atoms with van der Waals surface area (Å²) >= 11 is 5.93. The van der Waals surface area contributed by atoms with E-state index in [0.29, 0.717) is 16.1 Å². The molecule has 8 heteroatoms. The van der Waals surface area contributed by atoms with Crippen molar-refractivity contribution in [2.45, 2.75) is 6.04 Å². The highest BCUT2D eigenvalue weighted by atomic mass is 35.5. The Bertz CT molecular complexity index is 1190. The van der Waals surface area contributed by atoms with Crippen molar-refractivity contribution in [2.75, 3.05) is 12.0 Å². The second kappa shape index (κ2) is 8.12. The van der Waals surface area contributed by atoms with Gasteiger partial charge < -0.3 is 14.9 Å². The van der Waals surface area contributed by atoms with Gasteiger partial charge in [0.15, 0.2) is 11.5 Å². The Morgan fingerprint density at radius 3 is 2.48 bits per heavy atom. The van der Waals surface area contributed by atoms with E-state index in [1.54, 1.807) is 48.5 Å². The number of halogens is 1. The molecule has 0 aliphatic carbocycles. The molecule has 4 rings (SSSR count). The molecule has 7 nitrogen and oxygen atoms in total. The van der Waals surface area contributed by atoms with E-state index in [9.17, 15) is 19.8 Å². The van der Waals surface area contributed by atoms with Crippen molar-refractivity contribution < 1.29 is 24.5 Å². The molecule has 1 atom stereocenters. The number of carbonyl (C=O) groups excluding carboxylic acids is 2. The molecule has 1 unspecified atom stereocenters. The Labute approximate surface area is 182 Å². The molecule has 3 aromatic rings. The molecule has 0 spiro atoms. The third kappa shape index (κ3) is 3.60. The van der Waals surface area contributed by atoms with E-state index in [-0.39, 0.29) is 28.6 Å². The zero-order valence-corrected chi connectivity index (χ0v) is 17.1. The zero-order valence-electron chi connectivity index (χ0n) is 16.3. The largest absolute Gasteiger partial charge is 0.507 e. The van der Waals surface area contributed by atoms with Gasteiger partial charge in [-0.2, -0.15) is 0 Å². The predicted molar refractivity (Wildman–Crippen MR) is 115 cm³/mol. The highest BCUT2D eigenvalue weighted by Crippen LogP contribution is 2.43. The number of anilines is 1. The average molecular weight is 437 g/mol. The smallest absolute Gasteiger partial charge is 0.301 e. The Morgan fingerprint density at radius 1 is 1.10 bits per heavy atom. The topological polar surface area (TPSA) is 100.0 Å². The zero-order chi connectivity index (χ0) is 22.1. The van der Waals surface area contributed by atoms with Crippen molar-refractivity contribution >= 4 is 34.9 Å². The molecule has 2 aromatic carbocycles. The minimum absolute atomic E-state index is 0.0984. The molecular formula is C23H17ClN2O5. The first-order valence-corrected chi connectivity index (χ1v) is 9.65. The van der Waals surface area contributed by atoms with Crippen LogP contribution in [0.2, 0.25) is 5.02 Å². The summed E-state index contributed by atoms with van der Waals surface area (Å²) in [5.74, 6) is -1.71. The molecule has 156 valence electrons. The number of Topliss-reactive ketones (excluding diaryl/α,β-unsaturated/α-hetero) is 1. The van der Waals surface area contributed by atoms with Crippen LogP contribution in [0.15, 0.2) is 72.4 Å². The number of phenolic OH excluding ortho intramolecular Hbond substituents is 1. The fourth-order valence-corrected chi connectivity index (χ4v) is 3.63. The van der Waals surface area contributed by atoms with Crippen LogP contribution in [-0.2, 0) is 9.59 Å². The second-order valence-electron chi connectivity index (χ2n) is 6.80. The summed E-state index contributed by atoms with van der Waals surface area (Å²) in [5, 5.41) is 21.5. The monoisotopic (exact) mass is 436 g/mol. The summed E-state index contributed by atoms with van der Waals surface area (Å²) in [4.78, 5) is 31.5. The number of aliphatic hydroxyl groups excluding tert-OH is 1. The first-order chi connectivity index (χ1) is 14.9. The summed E-state index contributed by atoms with van der Waals surface area (Å²) in [5.41, 5.74) is 0.680. The number of ether oxygens (including phenoxy) is 1. The van der Waals surface area contributed by atoms with Gasteiger partial charge in [-0.05, 0) is 54.1 Å². The Hall–Kier alpha value is -3.84. The lowest BCUT2D eigenvalue weighted by molar-refractivity contribution is -0.132. The average Bonchev–Trinajstić information content (AvgIpc) is 3.05. The maximum atomic E-state index is 13.0. The maximum Gasteiger partial charge on any atom is 0.301 e. The summed E-state index contributed by atoms with van der Waals surface area (Å²) in [6.07, 6.45) is 1.50. The summed E-state index contributed by atoms with van der Waals surface area (Å²) < 4.78 is 5.19. The minimum Gasteiger partial charge on any atom is -0.507 e. The van der Waals surface area contributed by atoms with Crippen molar-refractivity contribution in [3.05, 3.63) is 88.6 Å². The summed E-state index contributed by atoms with van der Waals surface area (Å²) in [6.45, 7) is 0. The molecule has 0 saturated carbocycles. The Balaban J connectivity index is 1.96. The van der Waals surface area contributed by atoms with Crippen LogP contribution in [0.1, 0.15) is 17.2 Å². The third-order valence-corrected chi connectivity index (χ3v) is 5.23. The van der Waals surface area contributed by atoms with Gasteiger partial charge in [0.1, 0.15) is 11.6 Å². The van der Waals surface area contributed by atoms with Gasteiger partial charge in [-0.25, -0.2) is 4.98 Å². The lowest BCUT2D eigenvalue weighted by Crippen LogP contribution is -2.30. The number of pyridine rings is 1. The first-order valence-electron chi connectivity index (χ1n) is 9.27. The van der Waals surface area contributed by atoms with Gasteiger partial charge in [-0.15, -0.1) is 0 Å². The van der Waals surface area contributed by atoms with Crippen LogP contribution in [0.3, 0.4) is 0 Å². The van der Waals surface area contributed by atoms with Gasteiger partial charge in [0.25, 0.3) is 5.78 Å². The third-order valence-electron chi connectivity index (χ3n) is 4.98.